The van der Waals surface area contributed by atoms with Crippen LogP contribution in [0.2, 0.25) is 0 Å². The highest BCUT2D eigenvalue weighted by molar-refractivity contribution is 5.19. The molecule has 1 aliphatic rings. The Bertz CT molecular complexity index is 376. The average Bonchev–Trinajstić information content (AvgIpc) is 2.40. The molecular formula is C15H23FN2O. The smallest absolute Gasteiger partial charge is 0.123 e. The molecule has 2 rings (SSSR count). The van der Waals surface area contributed by atoms with E-state index in [0.717, 1.165) is 38.4 Å². The van der Waals surface area contributed by atoms with Crippen molar-refractivity contribution >= 4 is 0 Å². The van der Waals surface area contributed by atoms with Crippen LogP contribution in [0.4, 0.5) is 4.39 Å². The fourth-order valence-electron chi connectivity index (χ4n) is 2.50. The Morgan fingerprint density at radius 3 is 2.47 bits per heavy atom. The maximum atomic E-state index is 12.9. The van der Waals surface area contributed by atoms with Crippen LogP contribution in [0.25, 0.3) is 0 Å². The maximum absolute atomic E-state index is 12.9. The predicted octanol–water partition coefficient (Wildman–Crippen LogP) is 2.20. The summed E-state index contributed by atoms with van der Waals surface area (Å²) in [4.78, 5) is 2.42. The van der Waals surface area contributed by atoms with Crippen LogP contribution in [-0.4, -0.2) is 43.8 Å². The zero-order valence-electron chi connectivity index (χ0n) is 11.7. The summed E-state index contributed by atoms with van der Waals surface area (Å²) in [6, 6.07) is 7.35. The normalized spacial score (nSPS) is 20.2. The van der Waals surface area contributed by atoms with Crippen LogP contribution in [0, 0.1) is 5.82 Å². The molecular weight excluding hydrogens is 243 g/mol. The summed E-state index contributed by atoms with van der Waals surface area (Å²) in [6.45, 7) is 9.02. The number of halogens is 1. The first-order chi connectivity index (χ1) is 9.15. The summed E-state index contributed by atoms with van der Waals surface area (Å²) in [5.41, 5.74) is 1.12. The predicted molar refractivity (Wildman–Crippen MR) is 74.7 cm³/mol. The zero-order valence-corrected chi connectivity index (χ0v) is 11.7. The van der Waals surface area contributed by atoms with Gasteiger partial charge in [-0.3, -0.25) is 4.90 Å². The third-order valence-corrected chi connectivity index (χ3v) is 3.54. The molecule has 1 fully saturated rings. The molecule has 0 aromatic heterocycles. The van der Waals surface area contributed by atoms with E-state index in [1.807, 2.05) is 12.1 Å². The Balaban J connectivity index is 1.80. The fourth-order valence-corrected chi connectivity index (χ4v) is 2.50. The van der Waals surface area contributed by atoms with Crippen molar-refractivity contribution in [3.05, 3.63) is 35.6 Å². The van der Waals surface area contributed by atoms with Crippen LogP contribution in [0.3, 0.4) is 0 Å². The molecule has 0 amide bonds. The van der Waals surface area contributed by atoms with Gasteiger partial charge in [0.2, 0.25) is 0 Å². The molecule has 3 nitrogen and oxygen atoms in total. The van der Waals surface area contributed by atoms with Crippen LogP contribution in [0.5, 0.6) is 0 Å². The van der Waals surface area contributed by atoms with E-state index < -0.39 is 0 Å². The molecule has 0 aliphatic carbocycles. The third kappa shape index (κ3) is 4.56. The lowest BCUT2D eigenvalue weighted by atomic mass is 10.1. The molecule has 106 valence electrons. The first kappa shape index (κ1) is 14.4. The quantitative estimate of drug-likeness (QED) is 0.884. The van der Waals surface area contributed by atoms with Crippen LogP contribution in [-0.2, 0) is 4.74 Å². The molecule has 2 unspecified atom stereocenters. The van der Waals surface area contributed by atoms with Gasteiger partial charge in [-0.05, 0) is 31.5 Å². The van der Waals surface area contributed by atoms with Gasteiger partial charge in [-0.15, -0.1) is 0 Å². The maximum Gasteiger partial charge on any atom is 0.123 e. The van der Waals surface area contributed by atoms with Gasteiger partial charge >= 0.3 is 0 Å². The molecule has 19 heavy (non-hydrogen) atoms. The molecule has 4 heteroatoms. The van der Waals surface area contributed by atoms with Crippen molar-refractivity contribution in [3.63, 3.8) is 0 Å². The van der Waals surface area contributed by atoms with Gasteiger partial charge in [0.15, 0.2) is 0 Å². The summed E-state index contributed by atoms with van der Waals surface area (Å²) in [6.07, 6.45) is 0. The lowest BCUT2D eigenvalue weighted by molar-refractivity contribution is 0.0339. The Hall–Kier alpha value is -0.970. The average molecular weight is 266 g/mol. The molecule has 1 aromatic carbocycles. The van der Waals surface area contributed by atoms with Gasteiger partial charge in [0.05, 0.1) is 13.2 Å². The highest BCUT2D eigenvalue weighted by Crippen LogP contribution is 2.13. The summed E-state index contributed by atoms with van der Waals surface area (Å²) in [5.74, 6) is -0.183. The second-order valence-corrected chi connectivity index (χ2v) is 5.25. The minimum Gasteiger partial charge on any atom is -0.379 e. The van der Waals surface area contributed by atoms with Crippen molar-refractivity contribution < 1.29 is 9.13 Å². The Morgan fingerprint density at radius 1 is 1.21 bits per heavy atom. The van der Waals surface area contributed by atoms with Gasteiger partial charge in [0.25, 0.3) is 0 Å². The molecule has 2 atom stereocenters. The highest BCUT2D eigenvalue weighted by atomic mass is 19.1. The molecule has 0 saturated carbocycles. The number of morpholine rings is 1. The SMILES string of the molecule is CC(CN1CCOCC1)NC(C)c1ccc(F)cc1. The molecule has 1 saturated heterocycles. The van der Waals surface area contributed by atoms with Gasteiger partial charge in [0, 0.05) is 31.7 Å². The van der Waals surface area contributed by atoms with Crippen LogP contribution >= 0.6 is 0 Å². The molecule has 1 aromatic rings. The number of benzene rings is 1. The molecule has 0 radical (unpaired) electrons. The number of nitrogens with one attached hydrogen (secondary N) is 1. The molecule has 1 aliphatic heterocycles. The van der Waals surface area contributed by atoms with Crippen molar-refractivity contribution in [1.29, 1.82) is 0 Å². The molecule has 1 heterocycles. The summed E-state index contributed by atoms with van der Waals surface area (Å²) in [7, 11) is 0. The van der Waals surface area contributed by atoms with Gasteiger partial charge < -0.3 is 10.1 Å². The first-order valence-corrected chi connectivity index (χ1v) is 6.97. The van der Waals surface area contributed by atoms with E-state index in [9.17, 15) is 4.39 Å². The number of rotatable bonds is 5. The summed E-state index contributed by atoms with van der Waals surface area (Å²) in [5, 5.41) is 3.56. The second kappa shape index (κ2) is 6.98. The standard InChI is InChI=1S/C15H23FN2O/c1-12(11-18-7-9-19-10-8-18)17-13(2)14-3-5-15(16)6-4-14/h3-6,12-13,17H,7-11H2,1-2H3. The van der Waals surface area contributed by atoms with Crippen molar-refractivity contribution in [2.24, 2.45) is 0 Å². The van der Waals surface area contributed by atoms with Crippen molar-refractivity contribution in [2.45, 2.75) is 25.9 Å². The summed E-state index contributed by atoms with van der Waals surface area (Å²) < 4.78 is 18.2. The number of hydrogen-bond donors (Lipinski definition) is 1. The van der Waals surface area contributed by atoms with Crippen molar-refractivity contribution in [1.82, 2.24) is 10.2 Å². The van der Waals surface area contributed by atoms with E-state index in [0.29, 0.717) is 6.04 Å². The van der Waals surface area contributed by atoms with Crippen LogP contribution < -0.4 is 5.32 Å². The zero-order chi connectivity index (χ0) is 13.7. The van der Waals surface area contributed by atoms with Crippen molar-refractivity contribution in [2.75, 3.05) is 32.8 Å². The van der Waals surface area contributed by atoms with Gasteiger partial charge in [-0.25, -0.2) is 4.39 Å². The van der Waals surface area contributed by atoms with E-state index in [1.165, 1.54) is 12.1 Å². The topological polar surface area (TPSA) is 24.5 Å². The first-order valence-electron chi connectivity index (χ1n) is 6.97. The van der Waals surface area contributed by atoms with E-state index in [-0.39, 0.29) is 11.9 Å². The molecule has 1 N–H and O–H groups in total. The third-order valence-electron chi connectivity index (χ3n) is 3.54. The van der Waals surface area contributed by atoms with Gasteiger partial charge in [-0.2, -0.15) is 0 Å². The second-order valence-electron chi connectivity index (χ2n) is 5.25. The van der Waals surface area contributed by atoms with E-state index >= 15 is 0 Å². The van der Waals surface area contributed by atoms with E-state index in [1.54, 1.807) is 0 Å². The monoisotopic (exact) mass is 266 g/mol. The highest BCUT2D eigenvalue weighted by Gasteiger charge is 2.15. The summed E-state index contributed by atoms with van der Waals surface area (Å²) >= 11 is 0. The largest absolute Gasteiger partial charge is 0.379 e. The van der Waals surface area contributed by atoms with Gasteiger partial charge in [-0.1, -0.05) is 12.1 Å². The Labute approximate surface area is 114 Å². The minimum atomic E-state index is -0.183. The number of nitrogens with zero attached hydrogens (tertiary/aromatic N) is 1. The minimum absolute atomic E-state index is 0.183. The fraction of sp³-hybridized carbons (Fsp3) is 0.600. The van der Waals surface area contributed by atoms with Crippen LogP contribution in [0.1, 0.15) is 25.5 Å². The lowest BCUT2D eigenvalue weighted by Crippen LogP contribution is -2.44. The lowest BCUT2D eigenvalue weighted by Gasteiger charge is -2.30. The number of hydrogen-bond acceptors (Lipinski definition) is 3. The van der Waals surface area contributed by atoms with Crippen LogP contribution in [0.15, 0.2) is 24.3 Å². The van der Waals surface area contributed by atoms with Crippen molar-refractivity contribution in [3.8, 4) is 0 Å². The van der Waals surface area contributed by atoms with E-state index in [4.69, 9.17) is 4.74 Å². The Kier molecular flexibility index (Phi) is 5.31. The van der Waals surface area contributed by atoms with E-state index in [2.05, 4.69) is 24.1 Å². The van der Waals surface area contributed by atoms with Gasteiger partial charge in [0.1, 0.15) is 5.82 Å². The molecule has 0 spiro atoms. The number of ether oxygens (including phenoxy) is 1. The Morgan fingerprint density at radius 2 is 1.84 bits per heavy atom. The molecule has 0 bridgehead atoms.